The lowest BCUT2D eigenvalue weighted by atomic mass is 9.98. The summed E-state index contributed by atoms with van der Waals surface area (Å²) in [6, 6.07) is 6.33. The van der Waals surface area contributed by atoms with E-state index in [4.69, 9.17) is 12.2 Å². The van der Waals surface area contributed by atoms with E-state index >= 15 is 0 Å². The Bertz CT molecular complexity index is 766. The normalized spacial score (nSPS) is 18.6. The molecule has 2 heterocycles. The molecule has 0 aliphatic carbocycles. The van der Waals surface area contributed by atoms with Gasteiger partial charge in [-0.25, -0.2) is 0 Å². The minimum Gasteiger partial charge on any atom is -0.508 e. The van der Waals surface area contributed by atoms with Crippen molar-refractivity contribution in [3.8, 4) is 16.2 Å². The molecular weight excluding hydrogens is 370 g/mol. The molecule has 3 nitrogen and oxygen atoms in total. The molecule has 1 aromatic heterocycles. The van der Waals surface area contributed by atoms with Gasteiger partial charge < -0.3 is 10.2 Å². The fourth-order valence-corrected chi connectivity index (χ4v) is 6.74. The van der Waals surface area contributed by atoms with Crippen LogP contribution >= 0.6 is 32.9 Å². The number of rotatable bonds is 6. The van der Waals surface area contributed by atoms with Crippen molar-refractivity contribution < 1.29 is 10.2 Å². The Morgan fingerprint density at radius 2 is 2.12 bits per heavy atom. The summed E-state index contributed by atoms with van der Waals surface area (Å²) in [6.07, 6.45) is 5.30. The zero-order valence-corrected chi connectivity index (χ0v) is 17.0. The molecule has 1 aromatic carbocycles. The van der Waals surface area contributed by atoms with E-state index in [1.54, 1.807) is 20.7 Å². The molecule has 0 amide bonds. The number of benzene rings is 1. The highest BCUT2D eigenvalue weighted by Crippen LogP contribution is 2.37. The van der Waals surface area contributed by atoms with Crippen LogP contribution < -0.4 is 0 Å². The number of piperidine rings is 1. The van der Waals surface area contributed by atoms with Gasteiger partial charge in [-0.2, -0.15) is 0 Å². The van der Waals surface area contributed by atoms with Crippen LogP contribution in [-0.2, 0) is 13.0 Å². The lowest BCUT2D eigenvalue weighted by Gasteiger charge is -2.35. The van der Waals surface area contributed by atoms with Crippen LogP contribution in [0.15, 0.2) is 18.2 Å². The van der Waals surface area contributed by atoms with E-state index in [-0.39, 0.29) is 6.61 Å². The molecule has 1 unspecified atom stereocenters. The van der Waals surface area contributed by atoms with Crippen LogP contribution in [0.1, 0.15) is 43.7 Å². The molecule has 136 valence electrons. The van der Waals surface area contributed by atoms with Gasteiger partial charge in [0.25, 0.3) is 0 Å². The lowest BCUT2D eigenvalue weighted by Crippen LogP contribution is -2.39. The number of aromatic hydroxyl groups is 1. The molecule has 3 rings (SSSR count). The number of aliphatic hydroxyl groups excluding tert-OH is 1. The predicted molar refractivity (Wildman–Crippen MR) is 109 cm³/mol. The molecule has 2 aromatic rings. The average molecular weight is 396 g/mol. The topological polar surface area (TPSA) is 43.7 Å². The monoisotopic (exact) mass is 395 g/mol. The molecule has 1 aliphatic heterocycles. The first-order chi connectivity index (χ1) is 12.1. The molecule has 0 bridgehead atoms. The Labute approximate surface area is 162 Å². The molecular formula is C19H25NO2S3. The van der Waals surface area contributed by atoms with Crippen LogP contribution in [0.5, 0.6) is 5.75 Å². The third-order valence-corrected chi connectivity index (χ3v) is 8.19. The van der Waals surface area contributed by atoms with Crippen molar-refractivity contribution in [3.05, 3.63) is 33.1 Å². The van der Waals surface area contributed by atoms with E-state index < -0.39 is 0 Å². The van der Waals surface area contributed by atoms with E-state index in [9.17, 15) is 10.2 Å². The first-order valence-electron chi connectivity index (χ1n) is 8.93. The highest BCUT2D eigenvalue weighted by atomic mass is 32.9. The van der Waals surface area contributed by atoms with Crippen LogP contribution in [0.4, 0.5) is 0 Å². The van der Waals surface area contributed by atoms with Gasteiger partial charge in [-0.3, -0.25) is 4.90 Å². The summed E-state index contributed by atoms with van der Waals surface area (Å²) in [5.41, 5.74) is 3.36. The van der Waals surface area contributed by atoms with Gasteiger partial charge >= 0.3 is 0 Å². The Balaban J connectivity index is 1.87. The van der Waals surface area contributed by atoms with Gasteiger partial charge in [0.2, 0.25) is 0 Å². The van der Waals surface area contributed by atoms with E-state index in [0.29, 0.717) is 11.8 Å². The summed E-state index contributed by atoms with van der Waals surface area (Å²) in [5, 5.41) is 19.7. The van der Waals surface area contributed by atoms with Crippen molar-refractivity contribution in [2.45, 2.75) is 51.6 Å². The molecule has 2 N–H and O–H groups in total. The zero-order valence-electron chi connectivity index (χ0n) is 14.5. The Morgan fingerprint density at radius 3 is 2.88 bits per heavy atom. The SMILES string of the molecule is CCc1c(-c2ccc(O)c(CN3CCCCC3CCO)c2)ssc1=S. The maximum atomic E-state index is 10.4. The minimum absolute atomic E-state index is 0.227. The van der Waals surface area contributed by atoms with Crippen molar-refractivity contribution in [1.82, 2.24) is 4.90 Å². The number of hydrogen-bond acceptors (Lipinski definition) is 6. The summed E-state index contributed by atoms with van der Waals surface area (Å²) in [5.74, 6) is 0.356. The molecule has 6 heteroatoms. The van der Waals surface area contributed by atoms with E-state index in [1.807, 2.05) is 12.1 Å². The van der Waals surface area contributed by atoms with Crippen molar-refractivity contribution in [2.75, 3.05) is 13.2 Å². The maximum absolute atomic E-state index is 10.4. The summed E-state index contributed by atoms with van der Waals surface area (Å²) < 4.78 is 0.983. The fourth-order valence-electron chi connectivity index (χ4n) is 3.62. The largest absolute Gasteiger partial charge is 0.508 e. The summed E-state index contributed by atoms with van der Waals surface area (Å²) >= 11 is 5.45. The maximum Gasteiger partial charge on any atom is 0.120 e. The summed E-state index contributed by atoms with van der Waals surface area (Å²) in [4.78, 5) is 3.65. The number of aliphatic hydroxyl groups is 1. The number of phenolic OH excluding ortho intramolecular Hbond substituents is 1. The van der Waals surface area contributed by atoms with Crippen LogP contribution in [0.3, 0.4) is 0 Å². The molecule has 1 saturated heterocycles. The average Bonchev–Trinajstić information content (AvgIpc) is 2.99. The first kappa shape index (κ1) is 19.0. The third-order valence-electron chi connectivity index (χ3n) is 5.00. The number of nitrogens with zero attached hydrogens (tertiary/aromatic N) is 1. The van der Waals surface area contributed by atoms with Gasteiger partial charge in [0, 0.05) is 24.8 Å². The van der Waals surface area contributed by atoms with Crippen molar-refractivity contribution in [1.29, 1.82) is 0 Å². The third kappa shape index (κ3) is 4.31. The highest BCUT2D eigenvalue weighted by Gasteiger charge is 2.23. The quantitative estimate of drug-likeness (QED) is 0.520. The molecule has 0 radical (unpaired) electrons. The standard InChI is InChI=1S/C19H25NO2S3/c1-2-16-18(24-25-19(16)23)13-6-7-17(22)14(11-13)12-20-9-4-3-5-15(20)8-10-21/h6-7,11,15,21-22H,2-5,8-10,12H2,1H3. The minimum atomic E-state index is 0.227. The van der Waals surface area contributed by atoms with Crippen molar-refractivity contribution in [3.63, 3.8) is 0 Å². The van der Waals surface area contributed by atoms with Gasteiger partial charge in [-0.15, -0.1) is 0 Å². The van der Waals surface area contributed by atoms with Crippen LogP contribution in [0.25, 0.3) is 10.4 Å². The highest BCUT2D eigenvalue weighted by molar-refractivity contribution is 7.80. The molecule has 1 atom stereocenters. The van der Waals surface area contributed by atoms with Gasteiger partial charge in [0.1, 0.15) is 9.57 Å². The Kier molecular flexibility index (Phi) is 6.63. The van der Waals surface area contributed by atoms with Gasteiger partial charge in [-0.05, 0) is 61.6 Å². The number of phenols is 1. The van der Waals surface area contributed by atoms with Crippen LogP contribution in [0, 0.1) is 3.82 Å². The molecule has 0 saturated carbocycles. The first-order valence-corrected chi connectivity index (χ1v) is 11.5. The molecule has 25 heavy (non-hydrogen) atoms. The lowest BCUT2D eigenvalue weighted by molar-refractivity contribution is 0.111. The second-order valence-corrected chi connectivity index (χ2v) is 9.41. The fraction of sp³-hybridized carbons (Fsp3) is 0.526. The zero-order chi connectivity index (χ0) is 17.8. The van der Waals surface area contributed by atoms with Crippen LogP contribution in [-0.4, -0.2) is 34.3 Å². The van der Waals surface area contributed by atoms with Crippen molar-refractivity contribution in [2.24, 2.45) is 0 Å². The molecule has 1 aliphatic rings. The number of hydrogen-bond donors (Lipinski definition) is 2. The predicted octanol–water partition coefficient (Wildman–Crippen LogP) is 5.21. The van der Waals surface area contributed by atoms with Crippen molar-refractivity contribution >= 4 is 32.9 Å². The van der Waals surface area contributed by atoms with E-state index in [1.165, 1.54) is 23.3 Å². The smallest absolute Gasteiger partial charge is 0.120 e. The summed E-state index contributed by atoms with van der Waals surface area (Å²) in [6.45, 7) is 4.14. The van der Waals surface area contributed by atoms with Gasteiger partial charge in [-0.1, -0.05) is 46.2 Å². The molecule has 0 spiro atoms. The second-order valence-electron chi connectivity index (χ2n) is 6.59. The Morgan fingerprint density at radius 1 is 1.28 bits per heavy atom. The van der Waals surface area contributed by atoms with E-state index in [0.717, 1.165) is 47.3 Å². The molecule has 1 fully saturated rings. The van der Waals surface area contributed by atoms with Crippen LogP contribution in [0.2, 0.25) is 0 Å². The van der Waals surface area contributed by atoms with E-state index in [2.05, 4.69) is 17.9 Å². The van der Waals surface area contributed by atoms with Gasteiger partial charge in [0.15, 0.2) is 0 Å². The second kappa shape index (κ2) is 8.73. The Hall–Kier alpha value is -0.790. The number of likely N-dealkylation sites (tertiary alicyclic amines) is 1. The van der Waals surface area contributed by atoms with Gasteiger partial charge in [0.05, 0.1) is 4.88 Å². The summed E-state index contributed by atoms with van der Waals surface area (Å²) in [7, 11) is 3.39.